The summed E-state index contributed by atoms with van der Waals surface area (Å²) in [5.74, 6) is 3.56. The molecule has 0 fully saturated rings. The Balaban J connectivity index is 0.000000733. The van der Waals surface area contributed by atoms with Gasteiger partial charge in [-0.15, -0.1) is 24.1 Å². The van der Waals surface area contributed by atoms with Crippen LogP contribution in [0, 0.1) is 32.0 Å². The Morgan fingerprint density at radius 3 is 2.70 bits per heavy atom. The van der Waals surface area contributed by atoms with Crippen molar-refractivity contribution in [2.75, 3.05) is 17.7 Å². The van der Waals surface area contributed by atoms with Gasteiger partial charge in [0.15, 0.2) is 0 Å². The summed E-state index contributed by atoms with van der Waals surface area (Å²) in [7, 11) is 0. The predicted molar refractivity (Wildman–Crippen MR) is 148 cm³/mol. The SMILES string of the molecule is C#CC.Cc1ccc(F)cc1NC(C)CC1CSC(COc2ccc3c(C)cc(=O)oc3c2)=N1.O=CO. The molecule has 0 amide bonds. The molecule has 3 aromatic rings. The van der Waals surface area contributed by atoms with E-state index in [1.165, 1.54) is 18.2 Å². The Morgan fingerprint density at radius 1 is 1.30 bits per heavy atom. The number of aryl methyl sites for hydroxylation is 2. The number of hydrogen-bond acceptors (Lipinski definition) is 7. The standard InChI is InChI=1S/C24H25FN2O3S.C3H4.CH2O2/c1-14-4-5-17(25)10-21(14)26-16(3)9-18-13-31-23(27-18)12-29-19-6-7-20-15(2)8-24(28)30-22(20)11-19;1-3-2;2-1-3/h4-8,10-11,16,18,26H,9,12-13H2,1-3H3;1H,2H3;1H,(H,2,3). The van der Waals surface area contributed by atoms with E-state index in [0.717, 1.165) is 39.4 Å². The molecule has 2 unspecified atom stereocenters. The number of ether oxygens (including phenoxy) is 1. The van der Waals surface area contributed by atoms with Crippen molar-refractivity contribution in [1.82, 2.24) is 0 Å². The largest absolute Gasteiger partial charge is 0.487 e. The zero-order chi connectivity index (χ0) is 27.4. The zero-order valence-electron chi connectivity index (χ0n) is 21.3. The molecule has 4 rings (SSSR count). The van der Waals surface area contributed by atoms with E-state index in [1.807, 2.05) is 26.0 Å². The van der Waals surface area contributed by atoms with Crippen LogP contribution in [0.3, 0.4) is 0 Å². The second-order valence-electron chi connectivity index (χ2n) is 8.32. The minimum absolute atomic E-state index is 0.168. The van der Waals surface area contributed by atoms with Crippen LogP contribution in [0.4, 0.5) is 10.1 Å². The summed E-state index contributed by atoms with van der Waals surface area (Å²) in [4.78, 5) is 24.7. The first-order chi connectivity index (χ1) is 17.7. The quantitative estimate of drug-likeness (QED) is 0.232. The summed E-state index contributed by atoms with van der Waals surface area (Å²) in [5.41, 5.74) is 2.88. The highest BCUT2D eigenvalue weighted by Crippen LogP contribution is 2.26. The van der Waals surface area contributed by atoms with Crippen molar-refractivity contribution in [2.24, 2.45) is 4.99 Å². The van der Waals surface area contributed by atoms with Gasteiger partial charge < -0.3 is 19.6 Å². The lowest BCUT2D eigenvalue weighted by Crippen LogP contribution is -2.22. The van der Waals surface area contributed by atoms with Crippen LogP contribution in [0.15, 0.2) is 56.7 Å². The minimum atomic E-state index is -0.364. The van der Waals surface area contributed by atoms with E-state index < -0.39 is 0 Å². The lowest BCUT2D eigenvalue weighted by molar-refractivity contribution is -0.122. The van der Waals surface area contributed by atoms with Gasteiger partial charge in [-0.05, 0) is 69.5 Å². The molecule has 196 valence electrons. The van der Waals surface area contributed by atoms with Gasteiger partial charge in [-0.1, -0.05) is 6.07 Å². The fourth-order valence-electron chi connectivity index (χ4n) is 3.69. The average Bonchev–Trinajstić information content (AvgIpc) is 3.28. The van der Waals surface area contributed by atoms with Crippen LogP contribution in [0.1, 0.15) is 31.4 Å². The smallest absolute Gasteiger partial charge is 0.336 e. The third kappa shape index (κ3) is 9.32. The van der Waals surface area contributed by atoms with Gasteiger partial charge in [0.2, 0.25) is 0 Å². The molecule has 0 bridgehead atoms. The molecule has 0 aliphatic carbocycles. The van der Waals surface area contributed by atoms with Gasteiger partial charge in [0, 0.05) is 35.0 Å². The van der Waals surface area contributed by atoms with Gasteiger partial charge in [-0.25, -0.2) is 9.18 Å². The summed E-state index contributed by atoms with van der Waals surface area (Å²) < 4.78 is 24.7. The first-order valence-corrected chi connectivity index (χ1v) is 12.5. The molecule has 9 heteroatoms. The topological polar surface area (TPSA) is 101 Å². The third-order valence-electron chi connectivity index (χ3n) is 5.28. The molecular formula is C28H31FN2O5S. The molecule has 0 spiro atoms. The van der Waals surface area contributed by atoms with Gasteiger partial charge in [0.05, 0.1) is 6.04 Å². The summed E-state index contributed by atoms with van der Waals surface area (Å²) in [6.07, 6.45) is 5.45. The number of thioether (sulfide) groups is 1. The number of nitrogens with one attached hydrogen (secondary N) is 1. The maximum Gasteiger partial charge on any atom is 0.336 e. The van der Waals surface area contributed by atoms with Crippen molar-refractivity contribution >= 4 is 39.9 Å². The number of hydrogen-bond donors (Lipinski definition) is 2. The molecule has 1 aliphatic rings. The fourth-order valence-corrected chi connectivity index (χ4v) is 4.65. The van der Waals surface area contributed by atoms with E-state index in [4.69, 9.17) is 24.0 Å². The summed E-state index contributed by atoms with van der Waals surface area (Å²) in [6, 6.07) is 12.1. The maximum atomic E-state index is 13.5. The van der Waals surface area contributed by atoms with Crippen LogP contribution in [-0.4, -0.2) is 41.1 Å². The van der Waals surface area contributed by atoms with Crippen LogP contribution in [0.2, 0.25) is 0 Å². The Labute approximate surface area is 220 Å². The Hall–Kier alpha value is -3.77. The Morgan fingerprint density at radius 2 is 2.00 bits per heavy atom. The van der Waals surface area contributed by atoms with Crippen LogP contribution in [-0.2, 0) is 4.79 Å². The number of aliphatic imine (C=N–C) groups is 1. The van der Waals surface area contributed by atoms with Gasteiger partial charge in [-0.3, -0.25) is 9.79 Å². The average molecular weight is 527 g/mol. The molecule has 37 heavy (non-hydrogen) atoms. The van der Waals surface area contributed by atoms with Crippen LogP contribution >= 0.6 is 11.8 Å². The van der Waals surface area contributed by atoms with Gasteiger partial charge >= 0.3 is 5.63 Å². The molecule has 0 saturated heterocycles. The number of terminal acetylenes is 1. The summed E-state index contributed by atoms with van der Waals surface area (Å²) >= 11 is 1.70. The monoisotopic (exact) mass is 526 g/mol. The van der Waals surface area contributed by atoms with Crippen LogP contribution in [0.5, 0.6) is 5.75 Å². The number of anilines is 1. The second-order valence-corrected chi connectivity index (χ2v) is 9.41. The summed E-state index contributed by atoms with van der Waals surface area (Å²) in [6.45, 7) is 7.72. The van der Waals surface area contributed by atoms with Crippen molar-refractivity contribution in [3.05, 3.63) is 69.8 Å². The highest BCUT2D eigenvalue weighted by Gasteiger charge is 2.21. The van der Waals surface area contributed by atoms with Crippen molar-refractivity contribution in [1.29, 1.82) is 0 Å². The molecule has 0 radical (unpaired) electrons. The molecule has 1 aliphatic heterocycles. The number of fused-ring (bicyclic) bond motifs is 1. The molecule has 2 atom stereocenters. The predicted octanol–water partition coefficient (Wildman–Crippen LogP) is 5.67. The number of carboxylic acid groups (broad SMARTS) is 1. The molecular weight excluding hydrogens is 495 g/mol. The number of benzene rings is 2. The van der Waals surface area contributed by atoms with E-state index in [-0.39, 0.29) is 30.0 Å². The zero-order valence-corrected chi connectivity index (χ0v) is 22.1. The van der Waals surface area contributed by atoms with Crippen molar-refractivity contribution < 1.29 is 23.4 Å². The minimum Gasteiger partial charge on any atom is -0.487 e. The fraction of sp³-hybridized carbons (Fsp3) is 0.321. The number of halogens is 1. The first kappa shape index (κ1) is 29.5. The molecule has 0 saturated carbocycles. The molecule has 2 N–H and O–H groups in total. The first-order valence-electron chi connectivity index (χ1n) is 11.5. The van der Waals surface area contributed by atoms with Gasteiger partial charge in [0.1, 0.15) is 28.8 Å². The number of nitrogens with zero attached hydrogens (tertiary/aromatic N) is 1. The molecule has 2 aromatic carbocycles. The normalized spacial score (nSPS) is 14.7. The van der Waals surface area contributed by atoms with Crippen LogP contribution in [0.25, 0.3) is 11.0 Å². The Bertz CT molecular complexity index is 1330. The van der Waals surface area contributed by atoms with Crippen molar-refractivity contribution in [2.45, 2.75) is 46.2 Å². The highest BCUT2D eigenvalue weighted by atomic mass is 32.2. The van der Waals surface area contributed by atoms with Crippen molar-refractivity contribution in [3.63, 3.8) is 0 Å². The maximum absolute atomic E-state index is 13.5. The summed E-state index contributed by atoms with van der Waals surface area (Å²) in [5, 5.41) is 12.1. The van der Waals surface area contributed by atoms with E-state index in [2.05, 4.69) is 24.6 Å². The molecule has 7 nitrogen and oxygen atoms in total. The lowest BCUT2D eigenvalue weighted by Gasteiger charge is -2.19. The van der Waals surface area contributed by atoms with Crippen LogP contribution < -0.4 is 15.7 Å². The van der Waals surface area contributed by atoms with E-state index in [9.17, 15) is 9.18 Å². The lowest BCUT2D eigenvalue weighted by atomic mass is 10.1. The highest BCUT2D eigenvalue weighted by molar-refractivity contribution is 8.14. The van der Waals surface area contributed by atoms with E-state index >= 15 is 0 Å². The second kappa shape index (κ2) is 14.7. The van der Waals surface area contributed by atoms with Gasteiger partial charge in [-0.2, -0.15) is 0 Å². The number of rotatable bonds is 7. The molecule has 2 heterocycles. The van der Waals surface area contributed by atoms with E-state index in [1.54, 1.807) is 30.8 Å². The van der Waals surface area contributed by atoms with Crippen molar-refractivity contribution in [3.8, 4) is 18.1 Å². The number of carbonyl (C=O) groups is 1. The molecule has 1 aromatic heterocycles. The van der Waals surface area contributed by atoms with Gasteiger partial charge in [0.25, 0.3) is 6.47 Å². The Kier molecular flexibility index (Phi) is 11.7. The third-order valence-corrected chi connectivity index (χ3v) is 6.39. The van der Waals surface area contributed by atoms with E-state index in [0.29, 0.717) is 17.9 Å².